The van der Waals surface area contributed by atoms with Gasteiger partial charge >= 0.3 is 0 Å². The van der Waals surface area contributed by atoms with Crippen LogP contribution >= 0.6 is 11.6 Å². The van der Waals surface area contributed by atoms with E-state index < -0.39 is 0 Å². The van der Waals surface area contributed by atoms with Crippen molar-refractivity contribution in [2.45, 2.75) is 56.5 Å². The third kappa shape index (κ3) is 2.99. The van der Waals surface area contributed by atoms with E-state index in [9.17, 15) is 4.79 Å². The molecule has 2 unspecified atom stereocenters. The van der Waals surface area contributed by atoms with Crippen molar-refractivity contribution in [1.82, 2.24) is 10.2 Å². The fourth-order valence-electron chi connectivity index (χ4n) is 5.11. The van der Waals surface area contributed by atoms with Gasteiger partial charge in [0.1, 0.15) is 0 Å². The van der Waals surface area contributed by atoms with Crippen LogP contribution in [0.3, 0.4) is 0 Å². The molecule has 4 heteroatoms. The van der Waals surface area contributed by atoms with Gasteiger partial charge in [0.25, 0.3) is 5.91 Å². The monoisotopic (exact) mass is 356 g/mol. The Balaban J connectivity index is 1.54. The normalized spacial score (nSPS) is 31.0. The molecule has 2 fully saturated rings. The van der Waals surface area contributed by atoms with Gasteiger partial charge in [-0.3, -0.25) is 4.79 Å². The van der Waals surface area contributed by atoms with Gasteiger partial charge in [-0.05, 0) is 69.7 Å². The van der Waals surface area contributed by atoms with E-state index in [1.165, 1.54) is 18.5 Å². The molecule has 3 nitrogen and oxygen atoms in total. The Kier molecular flexibility index (Phi) is 4.15. The predicted molar refractivity (Wildman–Crippen MR) is 102 cm³/mol. The number of nitrogens with one attached hydrogen (secondary N) is 1. The molecule has 2 aliphatic carbocycles. The minimum atomic E-state index is -0.0703. The van der Waals surface area contributed by atoms with Crippen molar-refractivity contribution in [2.24, 2.45) is 0 Å². The third-order valence-electron chi connectivity index (χ3n) is 6.26. The zero-order valence-corrected chi connectivity index (χ0v) is 15.5. The zero-order chi connectivity index (χ0) is 17.5. The van der Waals surface area contributed by atoms with Crippen LogP contribution in [0.5, 0.6) is 0 Å². The number of fused-ring (bicyclic) bond motifs is 2. The molecule has 1 heterocycles. The lowest BCUT2D eigenvalue weighted by Crippen LogP contribution is -2.55. The number of nitrogens with zero attached hydrogens (tertiary/aromatic N) is 1. The molecule has 0 aromatic heterocycles. The molecule has 1 N–H and O–H groups in total. The van der Waals surface area contributed by atoms with Gasteiger partial charge in [-0.25, -0.2) is 0 Å². The molecule has 2 atom stereocenters. The zero-order valence-electron chi connectivity index (χ0n) is 14.7. The summed E-state index contributed by atoms with van der Waals surface area (Å²) in [5.74, 6) is 0.00556. The van der Waals surface area contributed by atoms with E-state index in [0.717, 1.165) is 32.2 Å². The first-order valence-electron chi connectivity index (χ1n) is 9.21. The van der Waals surface area contributed by atoms with E-state index in [1.807, 2.05) is 12.1 Å². The lowest BCUT2D eigenvalue weighted by atomic mass is 9.77. The molecule has 25 heavy (non-hydrogen) atoms. The molecule has 1 aromatic rings. The summed E-state index contributed by atoms with van der Waals surface area (Å²) in [6.45, 7) is 3.19. The highest BCUT2D eigenvalue weighted by Gasteiger charge is 2.54. The number of carbonyl (C=O) groups is 1. The fourth-order valence-corrected chi connectivity index (χ4v) is 5.30. The van der Waals surface area contributed by atoms with Crippen molar-refractivity contribution >= 4 is 17.5 Å². The molecule has 2 saturated carbocycles. The number of carbonyl (C=O) groups excluding carboxylic acids is 1. The standard InChI is InChI=1S/C21H25ClN2O/c1-16-6-2-3-13-24(16)21-10-5-9-20(15-21,11-12-21)23-19(25)17-7-4-8-18(22)14-17/h2-4,6-8,14H,5,9-13,15H2,1H3,(H,23,25). The molecule has 1 aromatic carbocycles. The summed E-state index contributed by atoms with van der Waals surface area (Å²) in [4.78, 5) is 15.4. The van der Waals surface area contributed by atoms with Crippen LogP contribution in [0.2, 0.25) is 5.02 Å². The Morgan fingerprint density at radius 2 is 2.12 bits per heavy atom. The second-order valence-electron chi connectivity index (χ2n) is 7.85. The van der Waals surface area contributed by atoms with Crippen LogP contribution in [-0.4, -0.2) is 28.4 Å². The number of allylic oxidation sites excluding steroid dienone is 3. The van der Waals surface area contributed by atoms with Gasteiger partial charge in [-0.1, -0.05) is 29.8 Å². The number of rotatable bonds is 3. The minimum Gasteiger partial charge on any atom is -0.366 e. The molecule has 0 spiro atoms. The first kappa shape index (κ1) is 16.7. The summed E-state index contributed by atoms with van der Waals surface area (Å²) < 4.78 is 0. The quantitative estimate of drug-likeness (QED) is 0.852. The van der Waals surface area contributed by atoms with Crippen LogP contribution in [0.25, 0.3) is 0 Å². The SMILES string of the molecule is CC1=CC=CCN1C12CCCC(NC(=O)c3cccc(Cl)c3)(CC1)C2. The molecule has 3 aliphatic rings. The molecule has 0 saturated heterocycles. The van der Waals surface area contributed by atoms with Crippen molar-refractivity contribution in [3.05, 3.63) is 58.8 Å². The number of halogens is 1. The van der Waals surface area contributed by atoms with E-state index in [0.29, 0.717) is 10.6 Å². The van der Waals surface area contributed by atoms with Gasteiger partial charge < -0.3 is 10.2 Å². The molecule has 132 valence electrons. The summed E-state index contributed by atoms with van der Waals surface area (Å²) in [5.41, 5.74) is 2.13. The Hall–Kier alpha value is -1.74. The van der Waals surface area contributed by atoms with Crippen LogP contribution in [0, 0.1) is 0 Å². The maximum Gasteiger partial charge on any atom is 0.251 e. The summed E-state index contributed by atoms with van der Waals surface area (Å²) in [6, 6.07) is 7.23. The van der Waals surface area contributed by atoms with Crippen molar-refractivity contribution in [3.63, 3.8) is 0 Å². The van der Waals surface area contributed by atoms with Gasteiger partial charge in [0.2, 0.25) is 0 Å². The van der Waals surface area contributed by atoms with Crippen LogP contribution < -0.4 is 5.32 Å². The largest absolute Gasteiger partial charge is 0.366 e. The molecule has 0 radical (unpaired) electrons. The highest BCUT2D eigenvalue weighted by Crippen LogP contribution is 2.52. The minimum absolute atomic E-state index is 0.00556. The lowest BCUT2D eigenvalue weighted by Gasteiger charge is -2.48. The van der Waals surface area contributed by atoms with Crippen LogP contribution in [0.15, 0.2) is 48.2 Å². The maximum atomic E-state index is 12.8. The van der Waals surface area contributed by atoms with Gasteiger partial charge in [0, 0.05) is 33.9 Å². The van der Waals surface area contributed by atoms with E-state index in [1.54, 1.807) is 12.1 Å². The Labute approximate surface area is 154 Å². The molecule has 1 aliphatic heterocycles. The summed E-state index contributed by atoms with van der Waals surface area (Å²) in [5, 5.41) is 3.99. The van der Waals surface area contributed by atoms with E-state index in [-0.39, 0.29) is 17.0 Å². The average Bonchev–Trinajstić information content (AvgIpc) is 2.86. The van der Waals surface area contributed by atoms with Gasteiger partial charge in [-0.15, -0.1) is 0 Å². The van der Waals surface area contributed by atoms with Crippen molar-refractivity contribution in [2.75, 3.05) is 6.54 Å². The molecule has 4 rings (SSSR count). The van der Waals surface area contributed by atoms with E-state index >= 15 is 0 Å². The predicted octanol–water partition coefficient (Wildman–Crippen LogP) is 4.69. The fraction of sp³-hybridized carbons (Fsp3) is 0.476. The summed E-state index contributed by atoms with van der Waals surface area (Å²) >= 11 is 6.05. The first-order valence-corrected chi connectivity index (χ1v) is 9.59. The molecular formula is C21H25ClN2O. The summed E-state index contributed by atoms with van der Waals surface area (Å²) in [7, 11) is 0. The average molecular weight is 357 g/mol. The number of amides is 1. The topological polar surface area (TPSA) is 32.3 Å². The molecular weight excluding hydrogens is 332 g/mol. The highest BCUT2D eigenvalue weighted by molar-refractivity contribution is 6.30. The smallest absolute Gasteiger partial charge is 0.251 e. The first-order chi connectivity index (χ1) is 12.0. The Bertz CT molecular complexity index is 756. The number of benzene rings is 1. The Morgan fingerprint density at radius 3 is 2.92 bits per heavy atom. The molecule has 1 amide bonds. The Morgan fingerprint density at radius 1 is 1.24 bits per heavy atom. The van der Waals surface area contributed by atoms with Crippen LogP contribution in [0.4, 0.5) is 0 Å². The van der Waals surface area contributed by atoms with E-state index in [4.69, 9.17) is 11.6 Å². The van der Waals surface area contributed by atoms with Crippen molar-refractivity contribution in [1.29, 1.82) is 0 Å². The highest BCUT2D eigenvalue weighted by atomic mass is 35.5. The van der Waals surface area contributed by atoms with Gasteiger partial charge in [0.15, 0.2) is 0 Å². The summed E-state index contributed by atoms with van der Waals surface area (Å²) in [6.07, 6.45) is 13.3. The number of hydrogen-bond acceptors (Lipinski definition) is 2. The third-order valence-corrected chi connectivity index (χ3v) is 6.49. The lowest BCUT2D eigenvalue weighted by molar-refractivity contribution is 0.0757. The van der Waals surface area contributed by atoms with Crippen LogP contribution in [-0.2, 0) is 0 Å². The van der Waals surface area contributed by atoms with Crippen molar-refractivity contribution < 1.29 is 4.79 Å². The second-order valence-corrected chi connectivity index (χ2v) is 8.28. The van der Waals surface area contributed by atoms with Gasteiger partial charge in [0.05, 0.1) is 0 Å². The number of hydrogen-bond donors (Lipinski definition) is 1. The molecule has 2 bridgehead atoms. The van der Waals surface area contributed by atoms with Crippen molar-refractivity contribution in [3.8, 4) is 0 Å². The second kappa shape index (κ2) is 6.21. The van der Waals surface area contributed by atoms with E-state index in [2.05, 4.69) is 35.4 Å². The van der Waals surface area contributed by atoms with Gasteiger partial charge in [-0.2, -0.15) is 0 Å². The maximum absolute atomic E-state index is 12.8. The van der Waals surface area contributed by atoms with Crippen LogP contribution in [0.1, 0.15) is 55.8 Å².